The summed E-state index contributed by atoms with van der Waals surface area (Å²) in [4.78, 5) is 18.9. The van der Waals surface area contributed by atoms with Crippen LogP contribution in [0.2, 0.25) is 0 Å². The number of nitrogens with zero attached hydrogens (tertiary/aromatic N) is 2. The van der Waals surface area contributed by atoms with Crippen LogP contribution in [0.4, 0.5) is 4.79 Å². The Labute approximate surface area is 145 Å². The molecule has 0 radical (unpaired) electrons. The van der Waals surface area contributed by atoms with Gasteiger partial charge >= 0.3 is 6.03 Å². The number of urea groups is 1. The lowest BCUT2D eigenvalue weighted by Crippen LogP contribution is -2.41. The molecule has 2 aromatic heterocycles. The number of furan rings is 1. The number of hydrogen-bond acceptors (Lipinski definition) is 5. The Bertz CT molecular complexity index is 656. The van der Waals surface area contributed by atoms with E-state index in [2.05, 4.69) is 17.2 Å². The van der Waals surface area contributed by atoms with Crippen LogP contribution < -0.4 is 5.32 Å². The van der Waals surface area contributed by atoms with Gasteiger partial charge in [-0.15, -0.1) is 11.3 Å². The third-order valence-electron chi connectivity index (χ3n) is 4.27. The molecule has 3 heterocycles. The summed E-state index contributed by atoms with van der Waals surface area (Å²) in [5.74, 6) is 1.62. The van der Waals surface area contributed by atoms with Crippen LogP contribution in [-0.4, -0.2) is 29.6 Å². The van der Waals surface area contributed by atoms with Gasteiger partial charge in [-0.05, 0) is 31.4 Å². The molecule has 7 heteroatoms. The Balaban J connectivity index is 1.68. The standard InChI is InChI=1S/C17H23N3O3S/c1-3-13(16-18-8-10-24-16)19-17(21)20-9-4-5-14(20)15-7-6-12(23-15)11-22-2/h6-8,10,13-14H,3-5,9,11H2,1-2H3,(H,19,21). The van der Waals surface area contributed by atoms with Gasteiger partial charge in [0.1, 0.15) is 23.1 Å². The molecular weight excluding hydrogens is 326 g/mol. The lowest BCUT2D eigenvalue weighted by molar-refractivity contribution is 0.155. The van der Waals surface area contributed by atoms with E-state index in [4.69, 9.17) is 9.15 Å². The summed E-state index contributed by atoms with van der Waals surface area (Å²) in [7, 11) is 1.64. The first-order valence-electron chi connectivity index (χ1n) is 8.27. The van der Waals surface area contributed by atoms with E-state index in [0.717, 1.165) is 42.3 Å². The third kappa shape index (κ3) is 3.62. The topological polar surface area (TPSA) is 67.6 Å². The van der Waals surface area contributed by atoms with Crippen LogP contribution in [-0.2, 0) is 11.3 Å². The molecule has 1 saturated heterocycles. The molecule has 0 bridgehead atoms. The van der Waals surface area contributed by atoms with Crippen molar-refractivity contribution in [2.75, 3.05) is 13.7 Å². The molecule has 0 spiro atoms. The predicted molar refractivity (Wildman–Crippen MR) is 91.8 cm³/mol. The van der Waals surface area contributed by atoms with Crippen molar-refractivity contribution in [1.29, 1.82) is 0 Å². The molecule has 6 nitrogen and oxygen atoms in total. The Morgan fingerprint density at radius 3 is 3.17 bits per heavy atom. The van der Waals surface area contributed by atoms with Crippen LogP contribution in [0, 0.1) is 0 Å². The summed E-state index contributed by atoms with van der Waals surface area (Å²) in [5.41, 5.74) is 0. The van der Waals surface area contributed by atoms with Crippen LogP contribution in [0.1, 0.15) is 54.8 Å². The molecular formula is C17H23N3O3S. The van der Waals surface area contributed by atoms with E-state index in [1.54, 1.807) is 24.6 Å². The fourth-order valence-corrected chi connectivity index (χ4v) is 3.85. The number of likely N-dealkylation sites (tertiary alicyclic amines) is 1. The number of methoxy groups -OCH3 is 1. The number of hydrogen-bond donors (Lipinski definition) is 1. The number of thiazole rings is 1. The van der Waals surface area contributed by atoms with E-state index in [-0.39, 0.29) is 18.1 Å². The minimum absolute atomic E-state index is 0.00981. The predicted octanol–water partition coefficient (Wildman–Crippen LogP) is 3.88. The second-order valence-electron chi connectivity index (χ2n) is 5.87. The summed E-state index contributed by atoms with van der Waals surface area (Å²) in [5, 5.41) is 5.99. The van der Waals surface area contributed by atoms with E-state index in [1.165, 1.54) is 0 Å². The summed E-state index contributed by atoms with van der Waals surface area (Å²) < 4.78 is 10.9. The molecule has 1 N–H and O–H groups in total. The molecule has 2 amide bonds. The summed E-state index contributed by atoms with van der Waals surface area (Å²) in [6, 6.07) is 3.76. The number of amides is 2. The fourth-order valence-electron chi connectivity index (χ4n) is 3.08. The normalized spacial score (nSPS) is 18.8. The summed E-state index contributed by atoms with van der Waals surface area (Å²) in [6.07, 6.45) is 4.48. The average Bonchev–Trinajstić information content (AvgIpc) is 3.31. The second kappa shape index (κ2) is 7.81. The first kappa shape index (κ1) is 17.0. The average molecular weight is 349 g/mol. The Kier molecular flexibility index (Phi) is 5.52. The van der Waals surface area contributed by atoms with Crippen molar-refractivity contribution in [3.63, 3.8) is 0 Å². The van der Waals surface area contributed by atoms with Crippen molar-refractivity contribution in [2.45, 2.75) is 44.9 Å². The molecule has 1 aliphatic rings. The van der Waals surface area contributed by atoms with E-state index < -0.39 is 0 Å². The van der Waals surface area contributed by atoms with Crippen LogP contribution in [0.3, 0.4) is 0 Å². The molecule has 1 fully saturated rings. The van der Waals surface area contributed by atoms with Gasteiger partial charge in [-0.2, -0.15) is 0 Å². The number of nitrogens with one attached hydrogen (secondary N) is 1. The van der Waals surface area contributed by atoms with E-state index in [9.17, 15) is 4.79 Å². The van der Waals surface area contributed by atoms with Gasteiger partial charge in [0.25, 0.3) is 0 Å². The molecule has 130 valence electrons. The highest BCUT2D eigenvalue weighted by Gasteiger charge is 2.33. The first-order chi connectivity index (χ1) is 11.7. The Morgan fingerprint density at radius 1 is 1.58 bits per heavy atom. The van der Waals surface area contributed by atoms with Gasteiger partial charge in [0, 0.05) is 25.2 Å². The number of carbonyl (C=O) groups excluding carboxylic acids is 1. The number of aromatic nitrogens is 1. The molecule has 0 aliphatic carbocycles. The molecule has 2 unspecified atom stereocenters. The van der Waals surface area contributed by atoms with Crippen LogP contribution in [0.25, 0.3) is 0 Å². The Morgan fingerprint density at radius 2 is 2.46 bits per heavy atom. The SMILES string of the molecule is CCC(NC(=O)N1CCCC1c1ccc(COC)o1)c1nccs1. The molecule has 2 atom stereocenters. The van der Waals surface area contributed by atoms with Gasteiger partial charge in [0.2, 0.25) is 0 Å². The van der Waals surface area contributed by atoms with Crippen LogP contribution >= 0.6 is 11.3 Å². The second-order valence-corrected chi connectivity index (χ2v) is 6.80. The number of carbonyl (C=O) groups is 1. The maximum atomic E-state index is 12.8. The molecule has 1 aliphatic heterocycles. The molecule has 3 rings (SSSR count). The number of ether oxygens (including phenoxy) is 1. The highest BCUT2D eigenvalue weighted by molar-refractivity contribution is 7.09. The lowest BCUT2D eigenvalue weighted by Gasteiger charge is -2.26. The van der Waals surface area contributed by atoms with Gasteiger partial charge < -0.3 is 19.4 Å². The zero-order valence-electron chi connectivity index (χ0n) is 14.0. The largest absolute Gasteiger partial charge is 0.461 e. The first-order valence-corrected chi connectivity index (χ1v) is 9.15. The van der Waals surface area contributed by atoms with Crippen LogP contribution in [0.5, 0.6) is 0 Å². The maximum absolute atomic E-state index is 12.8. The zero-order chi connectivity index (χ0) is 16.9. The number of rotatable bonds is 6. The van der Waals surface area contributed by atoms with Crippen LogP contribution in [0.15, 0.2) is 28.1 Å². The van der Waals surface area contributed by atoms with Crippen molar-refractivity contribution in [1.82, 2.24) is 15.2 Å². The smallest absolute Gasteiger partial charge is 0.318 e. The highest BCUT2D eigenvalue weighted by Crippen LogP contribution is 2.33. The summed E-state index contributed by atoms with van der Waals surface area (Å²) >= 11 is 1.57. The summed E-state index contributed by atoms with van der Waals surface area (Å²) in [6.45, 7) is 3.24. The minimum Gasteiger partial charge on any atom is -0.461 e. The molecule has 24 heavy (non-hydrogen) atoms. The lowest BCUT2D eigenvalue weighted by atomic mass is 10.1. The zero-order valence-corrected chi connectivity index (χ0v) is 14.8. The molecule has 2 aromatic rings. The van der Waals surface area contributed by atoms with E-state index in [0.29, 0.717) is 6.61 Å². The van der Waals surface area contributed by atoms with Gasteiger partial charge in [-0.1, -0.05) is 6.92 Å². The minimum atomic E-state index is -0.0516. The highest BCUT2D eigenvalue weighted by atomic mass is 32.1. The maximum Gasteiger partial charge on any atom is 0.318 e. The van der Waals surface area contributed by atoms with Crippen molar-refractivity contribution in [3.05, 3.63) is 40.2 Å². The molecule has 0 saturated carbocycles. The van der Waals surface area contributed by atoms with Gasteiger partial charge in [0.05, 0.1) is 12.1 Å². The Hall–Kier alpha value is -1.86. The van der Waals surface area contributed by atoms with Gasteiger partial charge in [-0.3, -0.25) is 0 Å². The van der Waals surface area contributed by atoms with Gasteiger partial charge in [0.15, 0.2) is 0 Å². The van der Waals surface area contributed by atoms with E-state index >= 15 is 0 Å². The van der Waals surface area contributed by atoms with Crippen molar-refractivity contribution in [3.8, 4) is 0 Å². The van der Waals surface area contributed by atoms with E-state index in [1.807, 2.05) is 22.4 Å². The van der Waals surface area contributed by atoms with Crippen molar-refractivity contribution < 1.29 is 13.9 Å². The third-order valence-corrected chi connectivity index (χ3v) is 5.16. The quantitative estimate of drug-likeness (QED) is 0.859. The fraction of sp³-hybridized carbons (Fsp3) is 0.529. The van der Waals surface area contributed by atoms with Crippen molar-refractivity contribution >= 4 is 17.4 Å². The van der Waals surface area contributed by atoms with Crippen molar-refractivity contribution in [2.24, 2.45) is 0 Å². The monoisotopic (exact) mass is 349 g/mol. The molecule has 0 aromatic carbocycles. The van der Waals surface area contributed by atoms with Gasteiger partial charge in [-0.25, -0.2) is 9.78 Å².